The zero-order valence-electron chi connectivity index (χ0n) is 14.5. The van der Waals surface area contributed by atoms with Gasteiger partial charge in [-0.2, -0.15) is 0 Å². The smallest absolute Gasteiger partial charge is 0.335 e. The lowest BCUT2D eigenvalue weighted by atomic mass is 10.1. The number of carboxylic acid groups (broad SMARTS) is 1. The molecule has 0 aromatic heterocycles. The van der Waals surface area contributed by atoms with Crippen molar-refractivity contribution in [2.45, 2.75) is 19.3 Å². The van der Waals surface area contributed by atoms with Gasteiger partial charge in [-0.25, -0.2) is 4.79 Å². The standard InChI is InChI=1S/C19H20ClNO5/c1-25-16-11-13(19(23)24)10-15(18(16)26-2)21-17(22)5-3-4-12-6-8-14(20)9-7-12/h6-11H,3-5H2,1-2H3,(H,21,22)(H,23,24). The number of carbonyl (C=O) groups excluding carboxylic acids is 1. The summed E-state index contributed by atoms with van der Waals surface area (Å²) in [6.45, 7) is 0. The van der Waals surface area contributed by atoms with Crippen molar-refractivity contribution in [3.63, 3.8) is 0 Å². The van der Waals surface area contributed by atoms with Gasteiger partial charge in [-0.15, -0.1) is 0 Å². The van der Waals surface area contributed by atoms with Crippen molar-refractivity contribution >= 4 is 29.2 Å². The maximum absolute atomic E-state index is 12.2. The van der Waals surface area contributed by atoms with Crippen LogP contribution in [0.1, 0.15) is 28.8 Å². The maximum Gasteiger partial charge on any atom is 0.335 e. The Hall–Kier alpha value is -2.73. The van der Waals surface area contributed by atoms with Gasteiger partial charge >= 0.3 is 5.97 Å². The van der Waals surface area contributed by atoms with Gasteiger partial charge in [0.25, 0.3) is 0 Å². The first kappa shape index (κ1) is 19.6. The summed E-state index contributed by atoms with van der Waals surface area (Å²) in [6, 6.07) is 10.2. The number of amides is 1. The highest BCUT2D eigenvalue weighted by Crippen LogP contribution is 2.36. The number of aromatic carboxylic acids is 1. The third-order valence-electron chi connectivity index (χ3n) is 3.78. The van der Waals surface area contributed by atoms with E-state index in [-0.39, 0.29) is 35.1 Å². The van der Waals surface area contributed by atoms with Gasteiger partial charge in [0.05, 0.1) is 25.5 Å². The first-order valence-electron chi connectivity index (χ1n) is 7.98. The van der Waals surface area contributed by atoms with Crippen LogP contribution in [-0.2, 0) is 11.2 Å². The number of carbonyl (C=O) groups is 2. The van der Waals surface area contributed by atoms with Gasteiger partial charge in [0.2, 0.25) is 5.91 Å². The van der Waals surface area contributed by atoms with E-state index in [2.05, 4.69) is 5.32 Å². The zero-order chi connectivity index (χ0) is 19.1. The Morgan fingerprint density at radius 1 is 1.12 bits per heavy atom. The summed E-state index contributed by atoms with van der Waals surface area (Å²) in [5.41, 5.74) is 1.36. The summed E-state index contributed by atoms with van der Waals surface area (Å²) in [5, 5.41) is 12.6. The van der Waals surface area contributed by atoms with Crippen LogP contribution in [0.15, 0.2) is 36.4 Å². The number of methoxy groups -OCH3 is 2. The van der Waals surface area contributed by atoms with Crippen LogP contribution >= 0.6 is 11.6 Å². The molecule has 2 N–H and O–H groups in total. The lowest BCUT2D eigenvalue weighted by Gasteiger charge is -2.14. The molecule has 2 rings (SSSR count). The molecule has 0 fully saturated rings. The number of hydrogen-bond acceptors (Lipinski definition) is 4. The van der Waals surface area contributed by atoms with Crippen LogP contribution in [0.25, 0.3) is 0 Å². The highest BCUT2D eigenvalue weighted by atomic mass is 35.5. The molecule has 1 amide bonds. The molecular weight excluding hydrogens is 358 g/mol. The summed E-state index contributed by atoms with van der Waals surface area (Å²) in [4.78, 5) is 23.5. The quantitative estimate of drug-likeness (QED) is 0.725. The summed E-state index contributed by atoms with van der Waals surface area (Å²) in [7, 11) is 2.83. The Bertz CT molecular complexity index is 789. The molecule has 26 heavy (non-hydrogen) atoms. The highest BCUT2D eigenvalue weighted by Gasteiger charge is 2.17. The summed E-state index contributed by atoms with van der Waals surface area (Å²) >= 11 is 5.85. The van der Waals surface area contributed by atoms with E-state index >= 15 is 0 Å². The number of aryl methyl sites for hydroxylation is 1. The van der Waals surface area contributed by atoms with Gasteiger partial charge in [-0.3, -0.25) is 4.79 Å². The predicted octanol–water partition coefficient (Wildman–Crippen LogP) is 4.02. The van der Waals surface area contributed by atoms with Crippen molar-refractivity contribution in [2.24, 2.45) is 0 Å². The minimum absolute atomic E-state index is 0.000820. The number of rotatable bonds is 8. The van der Waals surface area contributed by atoms with E-state index in [1.807, 2.05) is 24.3 Å². The number of carboxylic acids is 1. The number of benzene rings is 2. The van der Waals surface area contributed by atoms with Gasteiger partial charge in [-0.1, -0.05) is 23.7 Å². The lowest BCUT2D eigenvalue weighted by Crippen LogP contribution is -2.13. The molecule has 6 nitrogen and oxygen atoms in total. The topological polar surface area (TPSA) is 84.9 Å². The Morgan fingerprint density at radius 3 is 2.38 bits per heavy atom. The highest BCUT2D eigenvalue weighted by molar-refractivity contribution is 6.30. The summed E-state index contributed by atoms with van der Waals surface area (Å²) in [6.07, 6.45) is 1.66. The molecule has 138 valence electrons. The van der Waals surface area contributed by atoms with Crippen molar-refractivity contribution in [3.05, 3.63) is 52.5 Å². The molecule has 0 radical (unpaired) electrons. The van der Waals surface area contributed by atoms with Crippen LogP contribution in [0.3, 0.4) is 0 Å². The average Bonchev–Trinajstić information content (AvgIpc) is 2.62. The molecule has 0 atom stereocenters. The lowest BCUT2D eigenvalue weighted by molar-refractivity contribution is -0.116. The number of hydrogen-bond donors (Lipinski definition) is 2. The summed E-state index contributed by atoms with van der Waals surface area (Å²) in [5.74, 6) is -0.835. The van der Waals surface area contributed by atoms with Crippen LogP contribution in [0, 0.1) is 0 Å². The number of anilines is 1. The van der Waals surface area contributed by atoms with E-state index in [1.54, 1.807) is 0 Å². The molecule has 0 aliphatic carbocycles. The first-order chi connectivity index (χ1) is 12.4. The number of ether oxygens (including phenoxy) is 2. The van der Waals surface area contributed by atoms with Crippen LogP contribution in [0.2, 0.25) is 5.02 Å². The molecule has 7 heteroatoms. The number of halogens is 1. The van der Waals surface area contributed by atoms with Crippen LogP contribution in [-0.4, -0.2) is 31.2 Å². The van der Waals surface area contributed by atoms with Gasteiger partial charge in [0, 0.05) is 11.4 Å². The third kappa shape index (κ3) is 5.13. The van der Waals surface area contributed by atoms with Gasteiger partial charge < -0.3 is 19.9 Å². The molecule has 2 aromatic rings. The minimum atomic E-state index is -1.12. The molecule has 2 aromatic carbocycles. The van der Waals surface area contributed by atoms with Crippen LogP contribution in [0.5, 0.6) is 11.5 Å². The second-order valence-electron chi connectivity index (χ2n) is 5.59. The predicted molar refractivity (Wildman–Crippen MR) is 99.5 cm³/mol. The Balaban J connectivity index is 2.04. The summed E-state index contributed by atoms with van der Waals surface area (Å²) < 4.78 is 10.4. The Labute approximate surface area is 156 Å². The van der Waals surface area contributed by atoms with Crippen molar-refractivity contribution in [1.82, 2.24) is 0 Å². The maximum atomic E-state index is 12.2. The van der Waals surface area contributed by atoms with Crippen molar-refractivity contribution < 1.29 is 24.2 Å². The SMILES string of the molecule is COc1cc(C(=O)O)cc(NC(=O)CCCc2ccc(Cl)cc2)c1OC. The molecule has 0 unspecified atom stereocenters. The van der Waals surface area contributed by atoms with Gasteiger partial charge in [-0.05, 0) is 42.7 Å². The Kier molecular flexibility index (Phi) is 6.86. The minimum Gasteiger partial charge on any atom is -0.493 e. The zero-order valence-corrected chi connectivity index (χ0v) is 15.3. The fourth-order valence-electron chi connectivity index (χ4n) is 2.50. The first-order valence-corrected chi connectivity index (χ1v) is 8.36. The fourth-order valence-corrected chi connectivity index (χ4v) is 2.62. The third-order valence-corrected chi connectivity index (χ3v) is 4.03. The van der Waals surface area contributed by atoms with E-state index in [1.165, 1.54) is 26.4 Å². The molecular formula is C19H20ClNO5. The second kappa shape index (κ2) is 9.10. The van der Waals surface area contributed by atoms with E-state index in [9.17, 15) is 14.7 Å². The van der Waals surface area contributed by atoms with Crippen LogP contribution in [0.4, 0.5) is 5.69 Å². The monoisotopic (exact) mass is 377 g/mol. The number of nitrogens with one attached hydrogen (secondary N) is 1. The molecule has 0 saturated carbocycles. The molecule has 0 aliphatic heterocycles. The van der Waals surface area contributed by atoms with E-state index in [4.69, 9.17) is 21.1 Å². The second-order valence-corrected chi connectivity index (χ2v) is 6.03. The van der Waals surface area contributed by atoms with E-state index in [0.717, 1.165) is 12.0 Å². The van der Waals surface area contributed by atoms with Crippen molar-refractivity contribution in [3.8, 4) is 11.5 Å². The largest absolute Gasteiger partial charge is 0.493 e. The normalized spacial score (nSPS) is 10.3. The average molecular weight is 378 g/mol. The van der Waals surface area contributed by atoms with Crippen molar-refractivity contribution in [1.29, 1.82) is 0 Å². The molecule has 0 saturated heterocycles. The molecule has 0 bridgehead atoms. The van der Waals surface area contributed by atoms with E-state index in [0.29, 0.717) is 11.4 Å². The Morgan fingerprint density at radius 2 is 1.81 bits per heavy atom. The van der Waals surface area contributed by atoms with Gasteiger partial charge in [0.1, 0.15) is 0 Å². The molecule has 0 heterocycles. The molecule has 0 spiro atoms. The van der Waals surface area contributed by atoms with Crippen molar-refractivity contribution in [2.75, 3.05) is 19.5 Å². The van der Waals surface area contributed by atoms with Crippen LogP contribution < -0.4 is 14.8 Å². The van der Waals surface area contributed by atoms with E-state index < -0.39 is 5.97 Å². The fraction of sp³-hybridized carbons (Fsp3) is 0.263. The van der Waals surface area contributed by atoms with Gasteiger partial charge in [0.15, 0.2) is 11.5 Å². The molecule has 0 aliphatic rings.